The topological polar surface area (TPSA) is 12.0 Å². The first-order chi connectivity index (χ1) is 9.04. The van der Waals surface area contributed by atoms with Crippen LogP contribution in [-0.2, 0) is 6.42 Å². The van der Waals surface area contributed by atoms with Crippen LogP contribution in [0, 0.1) is 25.5 Å². The number of rotatable bonds is 1. The van der Waals surface area contributed by atoms with Gasteiger partial charge in [-0.2, -0.15) is 0 Å². The van der Waals surface area contributed by atoms with Crippen molar-refractivity contribution in [1.82, 2.24) is 0 Å². The SMILES string of the molecule is Cc1ccc(C)c(C2Cc3cc(F)cc(F)c3N2)c1. The molecule has 0 radical (unpaired) electrons. The van der Waals surface area contributed by atoms with Crippen molar-refractivity contribution in [3.8, 4) is 0 Å². The minimum Gasteiger partial charge on any atom is -0.375 e. The molecule has 0 saturated heterocycles. The quantitative estimate of drug-likeness (QED) is 0.805. The van der Waals surface area contributed by atoms with E-state index in [9.17, 15) is 8.78 Å². The molecule has 19 heavy (non-hydrogen) atoms. The Bertz CT molecular complexity index is 649. The molecular formula is C16H15F2N. The zero-order valence-corrected chi connectivity index (χ0v) is 10.9. The van der Waals surface area contributed by atoms with Gasteiger partial charge in [0.15, 0.2) is 0 Å². The fourth-order valence-corrected chi connectivity index (χ4v) is 2.72. The molecule has 0 aliphatic carbocycles. The third-order valence-corrected chi connectivity index (χ3v) is 3.69. The molecule has 98 valence electrons. The molecule has 3 heteroatoms. The van der Waals surface area contributed by atoms with Crippen LogP contribution in [0.4, 0.5) is 14.5 Å². The molecule has 1 unspecified atom stereocenters. The first-order valence-corrected chi connectivity index (χ1v) is 6.36. The Morgan fingerprint density at radius 2 is 1.89 bits per heavy atom. The van der Waals surface area contributed by atoms with Crippen molar-refractivity contribution in [3.63, 3.8) is 0 Å². The Hall–Kier alpha value is -1.90. The summed E-state index contributed by atoms with van der Waals surface area (Å²) in [6.45, 7) is 4.07. The molecule has 1 aliphatic rings. The predicted octanol–water partition coefficient (Wildman–Crippen LogP) is 4.29. The van der Waals surface area contributed by atoms with Gasteiger partial charge in [-0.15, -0.1) is 0 Å². The smallest absolute Gasteiger partial charge is 0.149 e. The second kappa shape index (κ2) is 4.34. The lowest BCUT2D eigenvalue weighted by molar-refractivity contribution is 0.585. The van der Waals surface area contributed by atoms with E-state index in [1.54, 1.807) is 0 Å². The van der Waals surface area contributed by atoms with Crippen LogP contribution < -0.4 is 5.32 Å². The molecule has 0 fully saturated rings. The lowest BCUT2D eigenvalue weighted by atomic mass is 9.97. The van der Waals surface area contributed by atoms with Crippen LogP contribution >= 0.6 is 0 Å². The van der Waals surface area contributed by atoms with Crippen molar-refractivity contribution in [2.75, 3.05) is 5.32 Å². The van der Waals surface area contributed by atoms with Crippen molar-refractivity contribution in [3.05, 3.63) is 64.2 Å². The van der Waals surface area contributed by atoms with Crippen LogP contribution in [-0.4, -0.2) is 0 Å². The monoisotopic (exact) mass is 259 g/mol. The van der Waals surface area contributed by atoms with E-state index in [1.165, 1.54) is 11.6 Å². The van der Waals surface area contributed by atoms with Gasteiger partial charge < -0.3 is 5.32 Å². The van der Waals surface area contributed by atoms with Crippen LogP contribution in [0.1, 0.15) is 28.3 Å². The molecule has 0 saturated carbocycles. The first-order valence-electron chi connectivity index (χ1n) is 6.36. The standard InChI is InChI=1S/C16H15F2N/c1-9-3-4-10(2)13(5-9)15-7-11-6-12(17)8-14(18)16(11)19-15/h3-6,8,15,19H,7H2,1-2H3. The molecular weight excluding hydrogens is 244 g/mol. The second-order valence-electron chi connectivity index (χ2n) is 5.18. The number of hydrogen-bond donors (Lipinski definition) is 1. The van der Waals surface area contributed by atoms with Crippen molar-refractivity contribution in [2.24, 2.45) is 0 Å². The Morgan fingerprint density at radius 1 is 1.11 bits per heavy atom. The van der Waals surface area contributed by atoms with Gasteiger partial charge in [-0.1, -0.05) is 23.8 Å². The third-order valence-electron chi connectivity index (χ3n) is 3.69. The highest BCUT2D eigenvalue weighted by Gasteiger charge is 2.26. The number of halogens is 2. The van der Waals surface area contributed by atoms with E-state index in [0.29, 0.717) is 17.7 Å². The molecule has 1 atom stereocenters. The number of fused-ring (bicyclic) bond motifs is 1. The lowest BCUT2D eigenvalue weighted by Gasteiger charge is -2.15. The Balaban J connectivity index is 2.00. The van der Waals surface area contributed by atoms with Gasteiger partial charge in [-0.05, 0) is 43.0 Å². The molecule has 0 spiro atoms. The Morgan fingerprint density at radius 3 is 2.68 bits per heavy atom. The van der Waals surface area contributed by atoms with Crippen LogP contribution in [0.5, 0.6) is 0 Å². The van der Waals surface area contributed by atoms with Gasteiger partial charge in [0.05, 0.1) is 11.7 Å². The molecule has 3 rings (SSSR count). The van der Waals surface area contributed by atoms with Crippen LogP contribution in [0.25, 0.3) is 0 Å². The van der Waals surface area contributed by atoms with E-state index in [1.807, 2.05) is 13.8 Å². The van der Waals surface area contributed by atoms with Crippen molar-refractivity contribution in [2.45, 2.75) is 26.3 Å². The first kappa shape index (κ1) is 12.2. The highest BCUT2D eigenvalue weighted by atomic mass is 19.1. The zero-order valence-electron chi connectivity index (χ0n) is 10.9. The molecule has 2 aromatic rings. The van der Waals surface area contributed by atoms with E-state index >= 15 is 0 Å². The third kappa shape index (κ3) is 2.09. The summed E-state index contributed by atoms with van der Waals surface area (Å²) in [4.78, 5) is 0. The maximum Gasteiger partial charge on any atom is 0.149 e. The maximum atomic E-state index is 13.7. The Kier molecular flexibility index (Phi) is 2.77. The fraction of sp³-hybridized carbons (Fsp3) is 0.250. The highest BCUT2D eigenvalue weighted by molar-refractivity contribution is 5.60. The van der Waals surface area contributed by atoms with Gasteiger partial charge in [-0.3, -0.25) is 0 Å². The van der Waals surface area contributed by atoms with Crippen LogP contribution in [0.15, 0.2) is 30.3 Å². The molecule has 2 aromatic carbocycles. The largest absolute Gasteiger partial charge is 0.375 e. The second-order valence-corrected chi connectivity index (χ2v) is 5.18. The van der Waals surface area contributed by atoms with Gasteiger partial charge >= 0.3 is 0 Å². The van der Waals surface area contributed by atoms with Crippen LogP contribution in [0.3, 0.4) is 0 Å². The number of nitrogens with one attached hydrogen (secondary N) is 1. The summed E-state index contributed by atoms with van der Waals surface area (Å²) in [7, 11) is 0. The summed E-state index contributed by atoms with van der Waals surface area (Å²) in [6.07, 6.45) is 0.619. The average molecular weight is 259 g/mol. The summed E-state index contributed by atoms with van der Waals surface area (Å²) < 4.78 is 26.9. The molecule has 1 aliphatic heterocycles. The average Bonchev–Trinajstić information content (AvgIpc) is 2.76. The number of anilines is 1. The fourth-order valence-electron chi connectivity index (χ4n) is 2.72. The van der Waals surface area contributed by atoms with Crippen molar-refractivity contribution >= 4 is 5.69 Å². The van der Waals surface area contributed by atoms with E-state index < -0.39 is 11.6 Å². The van der Waals surface area contributed by atoms with Gasteiger partial charge in [0.25, 0.3) is 0 Å². The minimum atomic E-state index is -0.514. The van der Waals surface area contributed by atoms with E-state index in [2.05, 4.69) is 23.5 Å². The van der Waals surface area contributed by atoms with E-state index in [4.69, 9.17) is 0 Å². The molecule has 0 aromatic heterocycles. The maximum absolute atomic E-state index is 13.7. The van der Waals surface area contributed by atoms with Gasteiger partial charge in [0.1, 0.15) is 11.6 Å². The van der Waals surface area contributed by atoms with Crippen molar-refractivity contribution < 1.29 is 8.78 Å². The van der Waals surface area contributed by atoms with Gasteiger partial charge in [0, 0.05) is 6.07 Å². The van der Waals surface area contributed by atoms with Crippen LogP contribution in [0.2, 0.25) is 0 Å². The van der Waals surface area contributed by atoms with E-state index in [-0.39, 0.29) is 6.04 Å². The lowest BCUT2D eigenvalue weighted by Crippen LogP contribution is -2.08. The molecule has 1 nitrogen and oxygen atoms in total. The predicted molar refractivity (Wildman–Crippen MR) is 72.3 cm³/mol. The van der Waals surface area contributed by atoms with E-state index in [0.717, 1.165) is 17.2 Å². The van der Waals surface area contributed by atoms with Gasteiger partial charge in [0.2, 0.25) is 0 Å². The summed E-state index contributed by atoms with van der Waals surface area (Å²) in [6, 6.07) is 8.58. The highest BCUT2D eigenvalue weighted by Crippen LogP contribution is 2.37. The number of hydrogen-bond acceptors (Lipinski definition) is 1. The zero-order chi connectivity index (χ0) is 13.6. The number of benzene rings is 2. The number of aryl methyl sites for hydroxylation is 2. The summed E-state index contributed by atoms with van der Waals surface area (Å²) in [5.41, 5.74) is 4.63. The molecule has 1 N–H and O–H groups in total. The normalized spacial score (nSPS) is 17.2. The summed E-state index contributed by atoms with van der Waals surface area (Å²) >= 11 is 0. The molecule has 1 heterocycles. The molecule has 0 bridgehead atoms. The van der Waals surface area contributed by atoms with Gasteiger partial charge in [-0.25, -0.2) is 8.78 Å². The Labute approximate surface area is 111 Å². The molecule has 0 amide bonds. The minimum absolute atomic E-state index is 0.0196. The summed E-state index contributed by atoms with van der Waals surface area (Å²) in [5, 5.41) is 3.17. The van der Waals surface area contributed by atoms with Crippen molar-refractivity contribution in [1.29, 1.82) is 0 Å². The summed E-state index contributed by atoms with van der Waals surface area (Å²) in [5.74, 6) is -1.03.